The number of likely N-dealkylation sites (tertiary alicyclic amines) is 1. The predicted molar refractivity (Wildman–Crippen MR) is 131 cm³/mol. The lowest BCUT2D eigenvalue weighted by atomic mass is 10.0. The summed E-state index contributed by atoms with van der Waals surface area (Å²) in [6, 6.07) is 24.8. The zero-order valence-corrected chi connectivity index (χ0v) is 19.0. The van der Waals surface area contributed by atoms with Crippen molar-refractivity contribution in [1.82, 2.24) is 9.80 Å². The Morgan fingerprint density at radius 2 is 1.47 bits per heavy atom. The second-order valence-electron chi connectivity index (χ2n) is 8.91. The van der Waals surface area contributed by atoms with E-state index < -0.39 is 0 Å². The quantitative estimate of drug-likeness (QED) is 0.507. The molecule has 0 spiro atoms. The number of nitriles is 1. The molecule has 2 saturated heterocycles. The zero-order valence-electron chi connectivity index (χ0n) is 19.0. The fourth-order valence-corrected chi connectivity index (χ4v) is 4.67. The van der Waals surface area contributed by atoms with E-state index in [4.69, 9.17) is 5.26 Å². The molecule has 2 heterocycles. The van der Waals surface area contributed by atoms with E-state index in [2.05, 4.69) is 35.2 Å². The van der Waals surface area contributed by atoms with E-state index >= 15 is 0 Å². The molecule has 2 aliphatic rings. The van der Waals surface area contributed by atoms with E-state index in [1.54, 1.807) is 23.1 Å². The highest BCUT2D eigenvalue weighted by Crippen LogP contribution is 2.27. The summed E-state index contributed by atoms with van der Waals surface area (Å²) in [6.07, 6.45) is 2.55. The number of anilines is 1. The summed E-state index contributed by atoms with van der Waals surface area (Å²) < 4.78 is 0. The molecule has 6 heteroatoms. The van der Waals surface area contributed by atoms with Gasteiger partial charge in [-0.05, 0) is 72.5 Å². The van der Waals surface area contributed by atoms with Gasteiger partial charge >= 0.3 is 6.03 Å². The zero-order chi connectivity index (χ0) is 23.5. The second kappa shape index (κ2) is 9.50. The molecule has 2 aliphatic heterocycles. The highest BCUT2D eigenvalue weighted by Gasteiger charge is 2.37. The van der Waals surface area contributed by atoms with Crippen LogP contribution in [-0.4, -0.2) is 41.4 Å². The monoisotopic (exact) mass is 450 g/mol. The summed E-state index contributed by atoms with van der Waals surface area (Å²) in [7, 11) is 0. The number of carbonyl (C=O) groups is 2. The molecule has 2 fully saturated rings. The topological polar surface area (TPSA) is 67.7 Å². The minimum Gasteiger partial charge on any atom is -0.310 e. The normalized spacial score (nSPS) is 16.3. The van der Waals surface area contributed by atoms with E-state index in [0.29, 0.717) is 17.8 Å². The van der Waals surface area contributed by atoms with Crippen LogP contribution in [0.4, 0.5) is 10.5 Å². The smallest absolute Gasteiger partial charge is 0.310 e. The maximum atomic E-state index is 13.0. The molecule has 170 valence electrons. The van der Waals surface area contributed by atoms with Crippen LogP contribution < -0.4 is 4.90 Å². The molecule has 5 rings (SSSR count). The Bertz CT molecular complexity index is 1240. The third-order valence-electron chi connectivity index (χ3n) is 6.49. The minimum absolute atomic E-state index is 0.0698. The van der Waals surface area contributed by atoms with Crippen LogP contribution in [0.15, 0.2) is 72.8 Å². The summed E-state index contributed by atoms with van der Waals surface area (Å²) in [5.41, 5.74) is 5.27. The number of carbonyl (C=O) groups excluding carboxylic acids is 2. The van der Waals surface area contributed by atoms with Gasteiger partial charge in [0.1, 0.15) is 6.54 Å². The SMILES string of the molecule is N#Cc1cccc(-c2ccc(N3C(=O)CN(Cc4ccc(CN5CCCC5)cc4)C3=O)cc2)c1. The molecule has 0 atom stereocenters. The average molecular weight is 451 g/mol. The van der Waals surface area contributed by atoms with Gasteiger partial charge in [0.15, 0.2) is 0 Å². The first-order valence-corrected chi connectivity index (χ1v) is 11.6. The molecule has 6 nitrogen and oxygen atoms in total. The number of amides is 3. The first kappa shape index (κ1) is 21.9. The molecule has 0 aromatic heterocycles. The maximum absolute atomic E-state index is 13.0. The fraction of sp³-hybridized carbons (Fsp3) is 0.250. The summed E-state index contributed by atoms with van der Waals surface area (Å²) >= 11 is 0. The molecule has 0 radical (unpaired) electrons. The van der Waals surface area contributed by atoms with Crippen LogP contribution >= 0.6 is 0 Å². The van der Waals surface area contributed by atoms with Gasteiger partial charge in [0, 0.05) is 13.1 Å². The molecule has 0 bridgehead atoms. The van der Waals surface area contributed by atoms with E-state index in [1.165, 1.54) is 23.3 Å². The summed E-state index contributed by atoms with van der Waals surface area (Å²) in [5.74, 6) is -0.227. The van der Waals surface area contributed by atoms with Gasteiger partial charge in [-0.15, -0.1) is 0 Å². The van der Waals surface area contributed by atoms with E-state index in [1.807, 2.05) is 30.3 Å². The number of nitrogens with zero attached hydrogens (tertiary/aromatic N) is 4. The first-order chi connectivity index (χ1) is 16.6. The molecule has 3 amide bonds. The van der Waals surface area contributed by atoms with Crippen molar-refractivity contribution in [3.8, 4) is 17.2 Å². The van der Waals surface area contributed by atoms with Crippen molar-refractivity contribution in [3.63, 3.8) is 0 Å². The Kier molecular flexibility index (Phi) is 6.11. The molecule has 3 aromatic rings. The highest BCUT2D eigenvalue weighted by atomic mass is 16.2. The highest BCUT2D eigenvalue weighted by molar-refractivity contribution is 6.19. The molecule has 34 heavy (non-hydrogen) atoms. The van der Waals surface area contributed by atoms with Crippen LogP contribution in [0.5, 0.6) is 0 Å². The van der Waals surface area contributed by atoms with Crippen molar-refractivity contribution >= 4 is 17.6 Å². The van der Waals surface area contributed by atoms with Gasteiger partial charge in [-0.1, -0.05) is 48.5 Å². The lowest BCUT2D eigenvalue weighted by Crippen LogP contribution is -2.32. The number of imide groups is 1. The van der Waals surface area contributed by atoms with Crippen LogP contribution in [0, 0.1) is 11.3 Å². The Morgan fingerprint density at radius 3 is 2.15 bits per heavy atom. The maximum Gasteiger partial charge on any atom is 0.332 e. The van der Waals surface area contributed by atoms with Crippen LogP contribution in [0.1, 0.15) is 29.5 Å². The van der Waals surface area contributed by atoms with Crippen molar-refractivity contribution < 1.29 is 9.59 Å². The van der Waals surface area contributed by atoms with Crippen molar-refractivity contribution in [2.45, 2.75) is 25.9 Å². The number of hydrogen-bond acceptors (Lipinski definition) is 4. The van der Waals surface area contributed by atoms with Gasteiger partial charge in [0.05, 0.1) is 17.3 Å². The third-order valence-corrected chi connectivity index (χ3v) is 6.49. The largest absolute Gasteiger partial charge is 0.332 e. The molecule has 0 unspecified atom stereocenters. The van der Waals surface area contributed by atoms with Crippen molar-refractivity contribution in [2.24, 2.45) is 0 Å². The van der Waals surface area contributed by atoms with Crippen molar-refractivity contribution in [1.29, 1.82) is 5.26 Å². The Labute approximate surface area is 199 Å². The van der Waals surface area contributed by atoms with Gasteiger partial charge in [-0.2, -0.15) is 5.26 Å². The Morgan fingerprint density at radius 1 is 0.794 bits per heavy atom. The van der Waals surface area contributed by atoms with Crippen LogP contribution in [0.25, 0.3) is 11.1 Å². The van der Waals surface area contributed by atoms with Crippen molar-refractivity contribution in [3.05, 3.63) is 89.5 Å². The minimum atomic E-state index is -0.301. The van der Waals surface area contributed by atoms with E-state index in [0.717, 1.165) is 36.3 Å². The van der Waals surface area contributed by atoms with Gasteiger partial charge in [-0.3, -0.25) is 9.69 Å². The molecule has 0 N–H and O–H groups in total. The van der Waals surface area contributed by atoms with Crippen LogP contribution in [0.2, 0.25) is 0 Å². The van der Waals surface area contributed by atoms with Gasteiger partial charge in [0.25, 0.3) is 5.91 Å². The van der Waals surface area contributed by atoms with E-state index in [9.17, 15) is 9.59 Å². The van der Waals surface area contributed by atoms with Crippen LogP contribution in [-0.2, 0) is 17.9 Å². The predicted octanol–water partition coefficient (Wildman–Crippen LogP) is 4.79. The van der Waals surface area contributed by atoms with Gasteiger partial charge in [-0.25, -0.2) is 9.69 Å². The summed E-state index contributed by atoms with van der Waals surface area (Å²) in [5, 5.41) is 9.12. The van der Waals surface area contributed by atoms with Gasteiger partial charge < -0.3 is 4.90 Å². The molecule has 0 aliphatic carbocycles. The Balaban J connectivity index is 1.25. The fourth-order valence-electron chi connectivity index (χ4n) is 4.67. The molecule has 0 saturated carbocycles. The molecule has 3 aromatic carbocycles. The second-order valence-corrected chi connectivity index (χ2v) is 8.91. The van der Waals surface area contributed by atoms with Crippen molar-refractivity contribution in [2.75, 3.05) is 24.5 Å². The average Bonchev–Trinajstić information content (AvgIpc) is 3.48. The number of urea groups is 1. The van der Waals surface area contributed by atoms with E-state index in [-0.39, 0.29) is 18.5 Å². The summed E-state index contributed by atoms with van der Waals surface area (Å²) in [4.78, 5) is 31.0. The lowest BCUT2D eigenvalue weighted by molar-refractivity contribution is -0.116. The van der Waals surface area contributed by atoms with Gasteiger partial charge in [0.2, 0.25) is 0 Å². The molecular formula is C28H26N4O2. The van der Waals surface area contributed by atoms with Crippen LogP contribution in [0.3, 0.4) is 0 Å². The number of hydrogen-bond donors (Lipinski definition) is 0. The summed E-state index contributed by atoms with van der Waals surface area (Å²) in [6.45, 7) is 3.76. The number of rotatable bonds is 6. The lowest BCUT2D eigenvalue weighted by Gasteiger charge is -2.18. The Hall–Kier alpha value is -3.95. The molecular weight excluding hydrogens is 424 g/mol. The number of benzene rings is 3. The third kappa shape index (κ3) is 4.57. The standard InChI is InChI=1S/C28H26N4O2/c29-17-23-4-3-5-25(16-23)24-10-12-26(13-11-24)32-27(33)20-31(28(32)34)19-22-8-6-21(7-9-22)18-30-14-1-2-15-30/h3-13,16H,1-2,14-15,18-20H2. The first-order valence-electron chi connectivity index (χ1n) is 11.6.